The third-order valence-electron chi connectivity index (χ3n) is 4.14. The van der Waals surface area contributed by atoms with E-state index in [4.69, 9.17) is 0 Å². The molecule has 0 fully saturated rings. The third-order valence-corrected chi connectivity index (χ3v) is 4.14. The van der Waals surface area contributed by atoms with Crippen molar-refractivity contribution in [3.8, 4) is 5.88 Å². The first kappa shape index (κ1) is 17.4. The zero-order valence-corrected chi connectivity index (χ0v) is 14.4. The van der Waals surface area contributed by atoms with E-state index in [9.17, 15) is 19.5 Å². The largest absolute Gasteiger partial charge is 0.494 e. The molecule has 0 atom stereocenters. The molecule has 0 unspecified atom stereocenters. The summed E-state index contributed by atoms with van der Waals surface area (Å²) in [6.07, 6.45) is 1.97. The summed E-state index contributed by atoms with van der Waals surface area (Å²) < 4.78 is 0.951. The van der Waals surface area contributed by atoms with Gasteiger partial charge in [0.15, 0.2) is 0 Å². The van der Waals surface area contributed by atoms with E-state index in [-0.39, 0.29) is 11.5 Å². The number of benzene rings is 1. The van der Waals surface area contributed by atoms with Crippen molar-refractivity contribution >= 4 is 17.6 Å². The van der Waals surface area contributed by atoms with Crippen LogP contribution in [0.3, 0.4) is 0 Å². The molecule has 0 spiro atoms. The molecule has 134 valence electrons. The number of nitrogens with zero attached hydrogens (tertiary/aromatic N) is 2. The quantitative estimate of drug-likeness (QED) is 0.662. The summed E-state index contributed by atoms with van der Waals surface area (Å²) in [5.41, 5.74) is -0.0738. The lowest BCUT2D eigenvalue weighted by Crippen LogP contribution is -2.29. The maximum absolute atomic E-state index is 12.1. The normalized spacial score (nSPS) is 14.2. The molecule has 2 aromatic rings. The lowest BCUT2D eigenvalue weighted by atomic mass is 10.1. The number of fused-ring (bicyclic) bond motifs is 1. The molecule has 3 N–H and O–H groups in total. The van der Waals surface area contributed by atoms with Crippen molar-refractivity contribution in [2.75, 3.05) is 6.54 Å². The summed E-state index contributed by atoms with van der Waals surface area (Å²) in [6, 6.07) is 7.49. The number of allylic oxidation sites excluding steroid dienone is 1. The highest BCUT2D eigenvalue weighted by Crippen LogP contribution is 2.22. The van der Waals surface area contributed by atoms with Crippen LogP contribution in [0.5, 0.6) is 5.88 Å². The molecule has 1 aromatic heterocycles. The first-order chi connectivity index (χ1) is 12.4. The lowest BCUT2D eigenvalue weighted by molar-refractivity contribution is -0.118. The third kappa shape index (κ3) is 3.21. The zero-order chi connectivity index (χ0) is 18.8. The number of carbonyl (C=O) groups is 1. The van der Waals surface area contributed by atoms with Gasteiger partial charge in [-0.05, 0) is 24.1 Å². The number of para-hydroxylation sites is 1. The Morgan fingerprint density at radius 1 is 1.35 bits per heavy atom. The minimum absolute atomic E-state index is 0.0457. The maximum Gasteiger partial charge on any atom is 0.330 e. The number of aromatic amines is 1. The second-order valence-corrected chi connectivity index (χ2v) is 5.93. The zero-order valence-electron chi connectivity index (χ0n) is 14.4. The van der Waals surface area contributed by atoms with E-state index in [1.807, 2.05) is 24.3 Å². The standard InChI is InChI=1S/C18H18N4O4/c1-10(23)19-8-7-12-11-5-3-4-6-14(11)20-15(12)9-13-16(24)21-18(26)22(2)17(13)25/h3-6,9,25H,7-8H2,1-2H3,(H,19,23)(H,21,24,26). The molecular weight excluding hydrogens is 336 g/mol. The summed E-state index contributed by atoms with van der Waals surface area (Å²) >= 11 is 0. The Bertz CT molecular complexity index is 1150. The van der Waals surface area contributed by atoms with Crippen molar-refractivity contribution in [2.24, 2.45) is 12.0 Å². The average molecular weight is 354 g/mol. The Hall–Kier alpha value is -3.42. The summed E-state index contributed by atoms with van der Waals surface area (Å²) in [7, 11) is 1.36. The topological polar surface area (TPSA) is 117 Å². The van der Waals surface area contributed by atoms with Gasteiger partial charge in [0.05, 0.1) is 11.1 Å². The summed E-state index contributed by atoms with van der Waals surface area (Å²) in [4.78, 5) is 41.5. The Morgan fingerprint density at radius 2 is 2.08 bits per heavy atom. The first-order valence-corrected chi connectivity index (χ1v) is 8.04. The van der Waals surface area contributed by atoms with Gasteiger partial charge in [0, 0.05) is 25.7 Å². The van der Waals surface area contributed by atoms with Crippen LogP contribution in [0.15, 0.2) is 44.5 Å². The minimum Gasteiger partial charge on any atom is -0.494 e. The van der Waals surface area contributed by atoms with Gasteiger partial charge >= 0.3 is 5.69 Å². The fraction of sp³-hybridized carbons (Fsp3) is 0.222. The number of aromatic hydroxyl groups is 1. The van der Waals surface area contributed by atoms with E-state index in [2.05, 4.69) is 15.3 Å². The summed E-state index contributed by atoms with van der Waals surface area (Å²) in [5, 5.41) is 14.6. The van der Waals surface area contributed by atoms with Gasteiger partial charge in [0.1, 0.15) is 5.56 Å². The van der Waals surface area contributed by atoms with E-state index < -0.39 is 17.1 Å². The number of hydrogen-bond donors (Lipinski definition) is 3. The Kier molecular flexibility index (Phi) is 4.57. The fourth-order valence-electron chi connectivity index (χ4n) is 2.80. The molecule has 1 aliphatic rings. The molecule has 3 rings (SSSR count). The number of hydrogen-bond acceptors (Lipinski definition) is 5. The van der Waals surface area contributed by atoms with Crippen molar-refractivity contribution in [1.82, 2.24) is 14.9 Å². The number of H-pyrrole nitrogens is 1. The van der Waals surface area contributed by atoms with Gasteiger partial charge in [-0.15, -0.1) is 0 Å². The first-order valence-electron chi connectivity index (χ1n) is 8.04. The fourth-order valence-corrected chi connectivity index (χ4v) is 2.80. The van der Waals surface area contributed by atoms with Crippen molar-refractivity contribution in [2.45, 2.75) is 13.3 Å². The van der Waals surface area contributed by atoms with Crippen molar-refractivity contribution in [3.63, 3.8) is 0 Å². The van der Waals surface area contributed by atoms with E-state index in [1.165, 1.54) is 20.0 Å². The van der Waals surface area contributed by atoms with Gasteiger partial charge in [-0.2, -0.15) is 0 Å². The number of amides is 1. The van der Waals surface area contributed by atoms with Crippen LogP contribution in [-0.4, -0.2) is 27.1 Å². The molecule has 8 nitrogen and oxygen atoms in total. The van der Waals surface area contributed by atoms with Gasteiger partial charge in [-0.25, -0.2) is 9.79 Å². The summed E-state index contributed by atoms with van der Waals surface area (Å²) in [5.74, 6) is -0.565. The predicted octanol–water partition coefficient (Wildman–Crippen LogP) is -0.870. The Labute approximate surface area is 147 Å². The van der Waals surface area contributed by atoms with Crippen molar-refractivity contribution in [1.29, 1.82) is 0 Å². The molecule has 0 saturated carbocycles. The Morgan fingerprint density at radius 3 is 2.81 bits per heavy atom. The van der Waals surface area contributed by atoms with Gasteiger partial charge in [-0.3, -0.25) is 19.1 Å². The second-order valence-electron chi connectivity index (χ2n) is 5.93. The molecular formula is C18H18N4O4. The highest BCUT2D eigenvalue weighted by atomic mass is 16.3. The smallest absolute Gasteiger partial charge is 0.330 e. The van der Waals surface area contributed by atoms with Crippen LogP contribution in [0.4, 0.5) is 0 Å². The monoisotopic (exact) mass is 354 g/mol. The van der Waals surface area contributed by atoms with Crippen LogP contribution in [0, 0.1) is 0 Å². The lowest BCUT2D eigenvalue weighted by Gasteiger charge is -2.07. The van der Waals surface area contributed by atoms with Crippen LogP contribution in [0.25, 0.3) is 11.6 Å². The molecule has 8 heteroatoms. The van der Waals surface area contributed by atoms with E-state index >= 15 is 0 Å². The molecule has 0 aliphatic carbocycles. The van der Waals surface area contributed by atoms with Crippen LogP contribution >= 0.6 is 0 Å². The molecule has 2 heterocycles. The highest BCUT2D eigenvalue weighted by Gasteiger charge is 2.16. The maximum atomic E-state index is 12.1. The number of nitrogens with one attached hydrogen (secondary N) is 2. The SMILES string of the molecule is CC(=O)NCCC1=c2ccccc2=NC1=Cc1c(O)n(C)c(=O)[nH]c1=O. The predicted molar refractivity (Wildman–Crippen MR) is 95.9 cm³/mol. The second kappa shape index (κ2) is 6.83. The molecule has 1 amide bonds. The molecule has 1 aliphatic heterocycles. The van der Waals surface area contributed by atoms with Crippen LogP contribution in [0.1, 0.15) is 18.9 Å². The number of rotatable bonds is 4. The van der Waals surface area contributed by atoms with Crippen LogP contribution in [-0.2, 0) is 11.8 Å². The number of carbonyl (C=O) groups excluding carboxylic acids is 1. The van der Waals surface area contributed by atoms with Crippen LogP contribution < -0.4 is 27.1 Å². The van der Waals surface area contributed by atoms with Crippen molar-refractivity contribution in [3.05, 3.63) is 66.9 Å². The van der Waals surface area contributed by atoms with Gasteiger partial charge < -0.3 is 10.4 Å². The average Bonchev–Trinajstić information content (AvgIpc) is 2.94. The van der Waals surface area contributed by atoms with Crippen molar-refractivity contribution < 1.29 is 9.90 Å². The molecule has 0 radical (unpaired) electrons. The van der Waals surface area contributed by atoms with E-state index in [0.717, 1.165) is 20.7 Å². The summed E-state index contributed by atoms with van der Waals surface area (Å²) in [6.45, 7) is 1.86. The van der Waals surface area contributed by atoms with Gasteiger partial charge in [-0.1, -0.05) is 18.2 Å². The molecule has 1 aromatic carbocycles. The van der Waals surface area contributed by atoms with E-state index in [0.29, 0.717) is 18.7 Å². The van der Waals surface area contributed by atoms with Crippen LogP contribution in [0.2, 0.25) is 0 Å². The number of aromatic nitrogens is 2. The minimum atomic E-state index is -0.698. The molecule has 0 bridgehead atoms. The van der Waals surface area contributed by atoms with E-state index in [1.54, 1.807) is 0 Å². The molecule has 0 saturated heterocycles. The van der Waals surface area contributed by atoms with Gasteiger partial charge in [0.2, 0.25) is 11.8 Å². The molecule has 26 heavy (non-hydrogen) atoms. The highest BCUT2D eigenvalue weighted by molar-refractivity contribution is 5.77. The van der Waals surface area contributed by atoms with Gasteiger partial charge in [0.25, 0.3) is 5.56 Å². The Balaban J connectivity index is 2.13.